The minimum absolute atomic E-state index is 0.243. The molecule has 130 valence electrons. The number of carbonyl (C=O) groups is 1. The molecule has 1 unspecified atom stereocenters. The molecule has 5 nitrogen and oxygen atoms in total. The van der Waals surface area contributed by atoms with Crippen LogP contribution < -0.4 is 10.7 Å². The Morgan fingerprint density at radius 2 is 1.74 bits per heavy atom. The Balaban J connectivity index is 2.59. The van der Waals surface area contributed by atoms with Crippen molar-refractivity contribution in [2.24, 2.45) is 0 Å². The van der Waals surface area contributed by atoms with Crippen LogP contribution in [-0.4, -0.2) is 34.3 Å². The fraction of sp³-hybridized carbons (Fsp3) is 0.533. The molecule has 1 amide bonds. The average Bonchev–Trinajstić information content (AvgIpc) is 2.40. The van der Waals surface area contributed by atoms with Crippen LogP contribution in [0.3, 0.4) is 0 Å². The van der Waals surface area contributed by atoms with E-state index in [9.17, 15) is 23.1 Å². The number of hydrazine groups is 1. The quantitative estimate of drug-likeness (QED) is 0.718. The third kappa shape index (κ3) is 5.97. The molecule has 3 N–H and O–H groups in total. The maximum Gasteiger partial charge on any atom is 0.422 e. The molecule has 0 radical (unpaired) electrons. The summed E-state index contributed by atoms with van der Waals surface area (Å²) in [5, 5.41) is 13.3. The summed E-state index contributed by atoms with van der Waals surface area (Å²) in [7, 11) is 0. The molecule has 0 spiro atoms. The number of halogens is 3. The summed E-state index contributed by atoms with van der Waals surface area (Å²) in [6.07, 6.45) is -5.46. The summed E-state index contributed by atoms with van der Waals surface area (Å²) in [6.45, 7) is 7.39. The molecule has 8 heteroatoms. The number of nitrogens with one attached hydrogen (secondary N) is 2. The summed E-state index contributed by atoms with van der Waals surface area (Å²) >= 11 is 0. The van der Waals surface area contributed by atoms with E-state index >= 15 is 0 Å². The Morgan fingerprint density at radius 3 is 2.13 bits per heavy atom. The summed E-state index contributed by atoms with van der Waals surface area (Å²) in [5.41, 5.74) is 2.06. The van der Waals surface area contributed by atoms with Gasteiger partial charge in [-0.1, -0.05) is 0 Å². The second kappa shape index (κ2) is 7.08. The highest BCUT2D eigenvalue weighted by molar-refractivity contribution is 5.65. The number of rotatable bonds is 5. The number of hydrogen-bond acceptors (Lipinski definition) is 3. The van der Waals surface area contributed by atoms with Crippen molar-refractivity contribution in [3.05, 3.63) is 29.8 Å². The van der Waals surface area contributed by atoms with Gasteiger partial charge >= 0.3 is 12.3 Å². The van der Waals surface area contributed by atoms with Crippen LogP contribution in [0.15, 0.2) is 24.3 Å². The van der Waals surface area contributed by atoms with Crippen LogP contribution in [0.4, 0.5) is 23.7 Å². The largest absolute Gasteiger partial charge is 0.464 e. The first-order valence-corrected chi connectivity index (χ1v) is 7.11. The van der Waals surface area contributed by atoms with Gasteiger partial charge < -0.3 is 10.4 Å². The zero-order valence-electron chi connectivity index (χ0n) is 13.5. The van der Waals surface area contributed by atoms with E-state index in [0.717, 1.165) is 17.1 Å². The fourth-order valence-electron chi connectivity index (χ4n) is 1.85. The molecule has 0 aliphatic carbocycles. The van der Waals surface area contributed by atoms with E-state index < -0.39 is 23.4 Å². The molecule has 1 aromatic rings. The van der Waals surface area contributed by atoms with Crippen molar-refractivity contribution in [3.63, 3.8) is 0 Å². The van der Waals surface area contributed by atoms with Crippen molar-refractivity contribution >= 4 is 11.8 Å². The molecule has 1 atom stereocenters. The standard InChI is InChI=1S/C15H22F3N3O2/c1-10(20-21(13(22)23)14(2,3)4)9-19-12-7-5-11(6-8-12)15(16,17)18/h5-8,10,19-20H,9H2,1-4H3,(H,22,23). The summed E-state index contributed by atoms with van der Waals surface area (Å²) < 4.78 is 37.4. The smallest absolute Gasteiger partial charge is 0.422 e. The molecule has 0 aliphatic heterocycles. The van der Waals surface area contributed by atoms with Gasteiger partial charge in [0, 0.05) is 18.3 Å². The van der Waals surface area contributed by atoms with Crippen LogP contribution in [0.1, 0.15) is 33.3 Å². The zero-order valence-corrected chi connectivity index (χ0v) is 13.5. The van der Waals surface area contributed by atoms with E-state index in [1.165, 1.54) is 12.1 Å². The molecule has 0 heterocycles. The Morgan fingerprint density at radius 1 is 1.22 bits per heavy atom. The fourth-order valence-corrected chi connectivity index (χ4v) is 1.85. The number of anilines is 1. The van der Waals surface area contributed by atoms with Crippen molar-refractivity contribution in [2.75, 3.05) is 11.9 Å². The van der Waals surface area contributed by atoms with Gasteiger partial charge in [-0.2, -0.15) is 13.2 Å². The topological polar surface area (TPSA) is 64.6 Å². The van der Waals surface area contributed by atoms with Gasteiger partial charge in [-0.15, -0.1) is 0 Å². The molecule has 1 aromatic carbocycles. The SMILES string of the molecule is CC(CNc1ccc(C(F)(F)F)cc1)NN(C(=O)O)C(C)(C)C. The molecule has 0 bridgehead atoms. The van der Waals surface area contributed by atoms with E-state index in [1.54, 1.807) is 27.7 Å². The van der Waals surface area contributed by atoms with Crippen LogP contribution in [0.2, 0.25) is 0 Å². The van der Waals surface area contributed by atoms with Gasteiger partial charge in [0.1, 0.15) is 0 Å². The lowest BCUT2D eigenvalue weighted by Crippen LogP contribution is -2.57. The van der Waals surface area contributed by atoms with Gasteiger partial charge in [-0.3, -0.25) is 0 Å². The molecule has 0 saturated heterocycles. The van der Waals surface area contributed by atoms with Gasteiger partial charge in [0.2, 0.25) is 0 Å². The molecule has 23 heavy (non-hydrogen) atoms. The van der Waals surface area contributed by atoms with Gasteiger partial charge in [-0.05, 0) is 52.0 Å². The first-order chi connectivity index (χ1) is 10.4. The van der Waals surface area contributed by atoms with E-state index in [4.69, 9.17) is 0 Å². The highest BCUT2D eigenvalue weighted by Gasteiger charge is 2.30. The van der Waals surface area contributed by atoms with Crippen LogP contribution in [0.5, 0.6) is 0 Å². The monoisotopic (exact) mass is 333 g/mol. The number of nitrogens with zero attached hydrogens (tertiary/aromatic N) is 1. The lowest BCUT2D eigenvalue weighted by atomic mass is 10.1. The zero-order chi connectivity index (χ0) is 17.8. The van der Waals surface area contributed by atoms with Crippen LogP contribution in [0.25, 0.3) is 0 Å². The van der Waals surface area contributed by atoms with E-state index in [1.807, 2.05) is 0 Å². The highest BCUT2D eigenvalue weighted by Crippen LogP contribution is 2.29. The van der Waals surface area contributed by atoms with Crippen LogP contribution in [-0.2, 0) is 6.18 Å². The minimum atomic E-state index is -4.36. The van der Waals surface area contributed by atoms with Crippen molar-refractivity contribution < 1.29 is 23.1 Å². The van der Waals surface area contributed by atoms with E-state index in [2.05, 4.69) is 10.7 Å². The van der Waals surface area contributed by atoms with Gasteiger partial charge in [0.25, 0.3) is 0 Å². The van der Waals surface area contributed by atoms with Crippen LogP contribution in [0, 0.1) is 0 Å². The summed E-state index contributed by atoms with van der Waals surface area (Å²) in [6, 6.07) is 4.44. The first-order valence-electron chi connectivity index (χ1n) is 7.11. The third-order valence-electron chi connectivity index (χ3n) is 3.04. The Labute approximate surface area is 133 Å². The minimum Gasteiger partial charge on any atom is -0.464 e. The van der Waals surface area contributed by atoms with Crippen molar-refractivity contribution in [2.45, 2.75) is 45.5 Å². The molecule has 1 rings (SSSR count). The maximum absolute atomic E-state index is 12.5. The first kappa shape index (κ1) is 19.1. The number of carboxylic acid groups (broad SMARTS) is 1. The lowest BCUT2D eigenvalue weighted by Gasteiger charge is -2.35. The van der Waals surface area contributed by atoms with Crippen molar-refractivity contribution in [1.29, 1.82) is 0 Å². The van der Waals surface area contributed by atoms with Gasteiger partial charge in [-0.25, -0.2) is 15.2 Å². The number of alkyl halides is 3. The lowest BCUT2D eigenvalue weighted by molar-refractivity contribution is -0.137. The normalized spacial score (nSPS) is 13.5. The molecule has 0 saturated carbocycles. The second-order valence-corrected chi connectivity index (χ2v) is 6.27. The third-order valence-corrected chi connectivity index (χ3v) is 3.04. The predicted octanol–water partition coefficient (Wildman–Crippen LogP) is 3.79. The Hall–Kier alpha value is -1.96. The number of amides is 1. The molecule has 0 aliphatic rings. The van der Waals surface area contributed by atoms with Crippen molar-refractivity contribution in [1.82, 2.24) is 10.4 Å². The van der Waals surface area contributed by atoms with E-state index in [0.29, 0.717) is 12.2 Å². The molecular weight excluding hydrogens is 311 g/mol. The molecule has 0 fully saturated rings. The molecule has 0 aromatic heterocycles. The van der Waals surface area contributed by atoms with Crippen molar-refractivity contribution in [3.8, 4) is 0 Å². The van der Waals surface area contributed by atoms with Gasteiger partial charge in [0.15, 0.2) is 0 Å². The summed E-state index contributed by atoms with van der Waals surface area (Å²) in [4.78, 5) is 11.2. The summed E-state index contributed by atoms with van der Waals surface area (Å²) in [5.74, 6) is 0. The Kier molecular flexibility index (Phi) is 5.87. The number of benzene rings is 1. The van der Waals surface area contributed by atoms with E-state index in [-0.39, 0.29) is 6.04 Å². The maximum atomic E-state index is 12.5. The average molecular weight is 333 g/mol. The Bertz CT molecular complexity index is 524. The predicted molar refractivity (Wildman–Crippen MR) is 82.1 cm³/mol. The number of hydrogen-bond donors (Lipinski definition) is 3. The van der Waals surface area contributed by atoms with Gasteiger partial charge in [0.05, 0.1) is 11.1 Å². The highest BCUT2D eigenvalue weighted by atomic mass is 19.4. The second-order valence-electron chi connectivity index (χ2n) is 6.27. The van der Waals surface area contributed by atoms with Crippen LogP contribution >= 0.6 is 0 Å². The molecular formula is C15H22F3N3O2.